The predicted octanol–water partition coefficient (Wildman–Crippen LogP) is 3.04. The Balaban J connectivity index is 1.33. The maximum absolute atomic E-state index is 12.7. The molecule has 0 atom stereocenters. The van der Waals surface area contributed by atoms with Gasteiger partial charge in [0.15, 0.2) is 0 Å². The van der Waals surface area contributed by atoms with Crippen LogP contribution in [0.15, 0.2) is 24.3 Å². The molecule has 0 aliphatic carbocycles. The lowest BCUT2D eigenvalue weighted by Gasteiger charge is -2.32. The summed E-state index contributed by atoms with van der Waals surface area (Å²) in [5.41, 5.74) is 2.41. The molecule has 2 aliphatic heterocycles. The van der Waals surface area contributed by atoms with Gasteiger partial charge >= 0.3 is 0 Å². The summed E-state index contributed by atoms with van der Waals surface area (Å²) in [7, 11) is 0. The van der Waals surface area contributed by atoms with E-state index in [1.165, 1.54) is 5.56 Å². The van der Waals surface area contributed by atoms with Gasteiger partial charge in [-0.3, -0.25) is 4.79 Å². The molecule has 0 unspecified atom stereocenters. The fraction of sp³-hybridized carbons (Fsp3) is 0.500. The summed E-state index contributed by atoms with van der Waals surface area (Å²) < 4.78 is 0. The van der Waals surface area contributed by atoms with E-state index in [0.717, 1.165) is 54.7 Å². The topological polar surface area (TPSA) is 49.3 Å². The van der Waals surface area contributed by atoms with E-state index in [0.29, 0.717) is 12.3 Å². The molecule has 1 saturated heterocycles. The first-order chi connectivity index (χ1) is 11.7. The quantitative estimate of drug-likeness (QED) is 0.860. The summed E-state index contributed by atoms with van der Waals surface area (Å²) in [5, 5.41) is 10.4. The van der Waals surface area contributed by atoms with Crippen molar-refractivity contribution in [3.63, 3.8) is 0 Å². The maximum Gasteiger partial charge on any atom is 0.227 e. The summed E-state index contributed by atoms with van der Waals surface area (Å²) in [6, 6.07) is 8.27. The number of hydrogen-bond acceptors (Lipinski definition) is 5. The molecule has 1 aromatic heterocycles. The van der Waals surface area contributed by atoms with Crippen LogP contribution in [-0.4, -0.2) is 35.7 Å². The van der Waals surface area contributed by atoms with E-state index in [-0.39, 0.29) is 5.91 Å². The molecule has 126 valence electrons. The zero-order valence-corrected chi connectivity index (χ0v) is 14.8. The number of aromatic nitrogens is 2. The van der Waals surface area contributed by atoms with E-state index >= 15 is 0 Å². The van der Waals surface area contributed by atoms with Crippen molar-refractivity contribution in [3.05, 3.63) is 34.8 Å². The predicted molar refractivity (Wildman–Crippen MR) is 96.7 cm³/mol. The molecule has 2 aromatic rings. The molecular formula is C18H22N4OS. The van der Waals surface area contributed by atoms with Crippen molar-refractivity contribution >= 4 is 28.1 Å². The number of rotatable bonds is 3. The van der Waals surface area contributed by atoms with Crippen LogP contribution in [-0.2, 0) is 11.2 Å². The standard InChI is InChI=1S/C18H22N4OS/c1-13-19-20-18(24-13)21-9-6-14(7-10-21)12-17(23)22-11-8-15-4-2-3-5-16(15)22/h2-5,14H,6-12H2,1H3. The van der Waals surface area contributed by atoms with E-state index in [2.05, 4.69) is 33.3 Å². The molecule has 4 rings (SSSR count). The van der Waals surface area contributed by atoms with Crippen LogP contribution in [0, 0.1) is 12.8 Å². The lowest BCUT2D eigenvalue weighted by Crippen LogP contribution is -2.37. The zero-order chi connectivity index (χ0) is 16.5. The molecule has 24 heavy (non-hydrogen) atoms. The minimum Gasteiger partial charge on any atom is -0.347 e. The van der Waals surface area contributed by atoms with Crippen LogP contribution in [0.4, 0.5) is 10.8 Å². The summed E-state index contributed by atoms with van der Waals surface area (Å²) in [6.45, 7) is 4.77. The van der Waals surface area contributed by atoms with Crippen LogP contribution in [0.5, 0.6) is 0 Å². The third-order valence-corrected chi connectivity index (χ3v) is 5.95. The van der Waals surface area contributed by atoms with Gasteiger partial charge in [0, 0.05) is 31.7 Å². The smallest absolute Gasteiger partial charge is 0.227 e. The van der Waals surface area contributed by atoms with Crippen molar-refractivity contribution in [2.24, 2.45) is 5.92 Å². The number of amides is 1. The second-order valence-corrected chi connectivity index (χ2v) is 7.82. The molecule has 3 heterocycles. The van der Waals surface area contributed by atoms with Crippen LogP contribution in [0.25, 0.3) is 0 Å². The molecule has 5 nitrogen and oxygen atoms in total. The minimum absolute atomic E-state index is 0.283. The largest absolute Gasteiger partial charge is 0.347 e. The molecule has 0 spiro atoms. The highest BCUT2D eigenvalue weighted by Crippen LogP contribution is 2.31. The van der Waals surface area contributed by atoms with Gasteiger partial charge in [0.05, 0.1) is 0 Å². The highest BCUT2D eigenvalue weighted by Gasteiger charge is 2.28. The van der Waals surface area contributed by atoms with E-state index in [1.807, 2.05) is 17.9 Å². The number of aryl methyl sites for hydroxylation is 1. The normalized spacial score (nSPS) is 18.0. The summed E-state index contributed by atoms with van der Waals surface area (Å²) >= 11 is 1.65. The number of benzene rings is 1. The third kappa shape index (κ3) is 3.02. The Bertz CT molecular complexity index is 736. The SMILES string of the molecule is Cc1nnc(N2CCC(CC(=O)N3CCc4ccccc43)CC2)s1. The number of carbonyl (C=O) groups is 1. The molecular weight excluding hydrogens is 320 g/mol. The average Bonchev–Trinajstić information content (AvgIpc) is 3.22. The zero-order valence-electron chi connectivity index (χ0n) is 13.9. The Morgan fingerprint density at radius 1 is 1.21 bits per heavy atom. The summed E-state index contributed by atoms with van der Waals surface area (Å²) in [6.07, 6.45) is 3.76. The van der Waals surface area contributed by atoms with Crippen molar-refractivity contribution in [1.82, 2.24) is 10.2 Å². The monoisotopic (exact) mass is 342 g/mol. The molecule has 0 N–H and O–H groups in total. The first-order valence-electron chi connectivity index (χ1n) is 8.64. The molecule has 1 aromatic carbocycles. The highest BCUT2D eigenvalue weighted by atomic mass is 32.1. The number of piperidine rings is 1. The average molecular weight is 342 g/mol. The van der Waals surface area contributed by atoms with Gasteiger partial charge in [-0.25, -0.2) is 0 Å². The number of carbonyl (C=O) groups excluding carboxylic acids is 1. The number of anilines is 2. The lowest BCUT2D eigenvalue weighted by molar-refractivity contribution is -0.119. The van der Waals surface area contributed by atoms with Crippen molar-refractivity contribution in [1.29, 1.82) is 0 Å². The van der Waals surface area contributed by atoms with Gasteiger partial charge in [-0.15, -0.1) is 10.2 Å². The molecule has 1 fully saturated rings. The molecule has 2 aliphatic rings. The fourth-order valence-corrected chi connectivity index (χ4v) is 4.44. The van der Waals surface area contributed by atoms with Crippen LogP contribution >= 0.6 is 11.3 Å². The molecule has 1 amide bonds. The second kappa shape index (κ2) is 6.51. The van der Waals surface area contributed by atoms with Gasteiger partial charge in [0.1, 0.15) is 5.01 Å². The second-order valence-electron chi connectivity index (χ2n) is 6.66. The van der Waals surface area contributed by atoms with Crippen LogP contribution in [0.1, 0.15) is 29.8 Å². The molecule has 6 heteroatoms. The van der Waals surface area contributed by atoms with Crippen molar-refractivity contribution in [2.75, 3.05) is 29.4 Å². The number of hydrogen-bond donors (Lipinski definition) is 0. The lowest BCUT2D eigenvalue weighted by atomic mass is 9.93. The first kappa shape index (κ1) is 15.6. The van der Waals surface area contributed by atoms with E-state index in [9.17, 15) is 4.79 Å². The van der Waals surface area contributed by atoms with Gasteiger partial charge in [-0.1, -0.05) is 29.5 Å². The maximum atomic E-state index is 12.7. The van der Waals surface area contributed by atoms with Crippen molar-refractivity contribution in [3.8, 4) is 0 Å². The third-order valence-electron chi connectivity index (χ3n) is 5.05. The van der Waals surface area contributed by atoms with Gasteiger partial charge in [-0.2, -0.15) is 0 Å². The number of para-hydroxylation sites is 1. The number of nitrogens with zero attached hydrogens (tertiary/aromatic N) is 4. The first-order valence-corrected chi connectivity index (χ1v) is 9.45. The van der Waals surface area contributed by atoms with Crippen molar-refractivity contribution < 1.29 is 4.79 Å². The van der Waals surface area contributed by atoms with E-state index in [1.54, 1.807) is 11.3 Å². The van der Waals surface area contributed by atoms with Gasteiger partial charge in [0.25, 0.3) is 0 Å². The Kier molecular flexibility index (Phi) is 4.22. The summed E-state index contributed by atoms with van der Waals surface area (Å²) in [5.74, 6) is 0.765. The Hall–Kier alpha value is -1.95. The van der Waals surface area contributed by atoms with Crippen LogP contribution in [0.3, 0.4) is 0 Å². The van der Waals surface area contributed by atoms with Gasteiger partial charge < -0.3 is 9.80 Å². The highest BCUT2D eigenvalue weighted by molar-refractivity contribution is 7.15. The Morgan fingerprint density at radius 3 is 2.75 bits per heavy atom. The van der Waals surface area contributed by atoms with Gasteiger partial charge in [0.2, 0.25) is 11.0 Å². The van der Waals surface area contributed by atoms with E-state index < -0.39 is 0 Å². The molecule has 0 saturated carbocycles. The van der Waals surface area contributed by atoms with Crippen LogP contribution < -0.4 is 9.80 Å². The minimum atomic E-state index is 0.283. The van der Waals surface area contributed by atoms with Crippen LogP contribution in [0.2, 0.25) is 0 Å². The Labute approximate surface area is 146 Å². The molecule has 0 radical (unpaired) electrons. The summed E-state index contributed by atoms with van der Waals surface area (Å²) in [4.78, 5) is 17.0. The van der Waals surface area contributed by atoms with Crippen molar-refractivity contribution in [2.45, 2.75) is 32.6 Å². The Morgan fingerprint density at radius 2 is 2.00 bits per heavy atom. The van der Waals surface area contributed by atoms with Gasteiger partial charge in [-0.05, 0) is 43.7 Å². The molecule has 0 bridgehead atoms. The fourth-order valence-electron chi connectivity index (χ4n) is 3.70. The number of fused-ring (bicyclic) bond motifs is 1. The van der Waals surface area contributed by atoms with E-state index in [4.69, 9.17) is 0 Å².